The zero-order valence-corrected chi connectivity index (χ0v) is 21.2. The first-order valence-corrected chi connectivity index (χ1v) is 12.9. The van der Waals surface area contributed by atoms with Crippen LogP contribution < -0.4 is 4.74 Å². The van der Waals surface area contributed by atoms with Crippen LogP contribution in [0.1, 0.15) is 46.6 Å². The summed E-state index contributed by atoms with van der Waals surface area (Å²) in [5.41, 5.74) is 4.02. The Kier molecular flexibility index (Phi) is 5.48. The number of aryl methyl sites for hydroxylation is 1. The average Bonchev–Trinajstić information content (AvgIpc) is 3.36. The molecule has 1 amide bonds. The van der Waals surface area contributed by atoms with Crippen molar-refractivity contribution in [2.45, 2.75) is 31.1 Å². The normalized spacial score (nSPS) is 27.7. The predicted molar refractivity (Wildman–Crippen MR) is 143 cm³/mol. The second kappa shape index (κ2) is 8.62. The van der Waals surface area contributed by atoms with Crippen LogP contribution in [-0.2, 0) is 15.0 Å². The van der Waals surface area contributed by atoms with Crippen molar-refractivity contribution < 1.29 is 19.4 Å². The van der Waals surface area contributed by atoms with Gasteiger partial charge in [-0.15, -0.1) is 0 Å². The zero-order valence-electron chi connectivity index (χ0n) is 21.2. The maximum absolute atomic E-state index is 13.5. The van der Waals surface area contributed by atoms with E-state index in [0.29, 0.717) is 12.3 Å². The SMILES string of the molecule is COc1ccccc1/C=C/C(=O)N1C[C@H]2[C@]3(c4cccc(C)c4)CC[C@@H](c4ccccc43)[C@@]2(C(=O)O)C1. The number of rotatable bonds is 5. The quantitative estimate of drug-likeness (QED) is 0.482. The highest BCUT2D eigenvalue weighted by molar-refractivity contribution is 5.93. The molecule has 0 unspecified atom stereocenters. The summed E-state index contributed by atoms with van der Waals surface area (Å²) < 4.78 is 5.42. The number of nitrogens with zero attached hydrogens (tertiary/aromatic N) is 1. The number of hydrogen-bond donors (Lipinski definition) is 1. The highest BCUT2D eigenvalue weighted by atomic mass is 16.5. The van der Waals surface area contributed by atoms with Crippen LogP contribution in [0.25, 0.3) is 6.08 Å². The van der Waals surface area contributed by atoms with Gasteiger partial charge in [0.15, 0.2) is 0 Å². The number of carbonyl (C=O) groups excluding carboxylic acids is 1. The lowest BCUT2D eigenvalue weighted by molar-refractivity contribution is -0.157. The van der Waals surface area contributed by atoms with E-state index in [1.165, 1.54) is 5.56 Å². The van der Waals surface area contributed by atoms with Crippen LogP contribution in [-0.4, -0.2) is 42.1 Å². The van der Waals surface area contributed by atoms with Crippen LogP contribution in [0, 0.1) is 18.3 Å². The number of benzene rings is 3. The lowest BCUT2D eigenvalue weighted by atomic mass is 9.42. The molecule has 4 aliphatic rings. The number of hydrogen-bond acceptors (Lipinski definition) is 3. The van der Waals surface area contributed by atoms with Crippen molar-refractivity contribution in [2.75, 3.05) is 20.2 Å². The summed E-state index contributed by atoms with van der Waals surface area (Å²) in [5.74, 6) is -0.595. The molecule has 188 valence electrons. The number of carboxylic acids is 1. The van der Waals surface area contributed by atoms with Crippen molar-refractivity contribution in [3.8, 4) is 5.75 Å². The summed E-state index contributed by atoms with van der Waals surface area (Å²) in [6, 6.07) is 24.4. The van der Waals surface area contributed by atoms with Crippen molar-refractivity contribution in [2.24, 2.45) is 11.3 Å². The van der Waals surface area contributed by atoms with Gasteiger partial charge in [-0.1, -0.05) is 72.3 Å². The molecule has 1 heterocycles. The van der Waals surface area contributed by atoms with E-state index in [-0.39, 0.29) is 24.3 Å². The minimum absolute atomic E-state index is 0.117. The van der Waals surface area contributed by atoms with Gasteiger partial charge in [-0.2, -0.15) is 0 Å². The third kappa shape index (κ3) is 3.29. The number of likely N-dealkylation sites (tertiary alicyclic amines) is 1. The van der Waals surface area contributed by atoms with Crippen LogP contribution >= 0.6 is 0 Å². The van der Waals surface area contributed by atoms with Gasteiger partial charge < -0.3 is 14.7 Å². The average molecular weight is 494 g/mol. The molecule has 0 spiro atoms. The van der Waals surface area contributed by atoms with Crippen molar-refractivity contribution in [3.63, 3.8) is 0 Å². The van der Waals surface area contributed by atoms with E-state index < -0.39 is 16.8 Å². The molecule has 1 saturated heterocycles. The predicted octanol–water partition coefficient (Wildman–Crippen LogP) is 5.42. The van der Waals surface area contributed by atoms with Gasteiger partial charge in [0.2, 0.25) is 5.91 Å². The molecule has 1 aliphatic heterocycles. The molecule has 2 fully saturated rings. The maximum atomic E-state index is 13.5. The lowest BCUT2D eigenvalue weighted by Crippen LogP contribution is -2.60. The number of ether oxygens (including phenoxy) is 1. The smallest absolute Gasteiger partial charge is 0.312 e. The van der Waals surface area contributed by atoms with Crippen LogP contribution in [0.4, 0.5) is 0 Å². The Morgan fingerprint density at radius 2 is 1.84 bits per heavy atom. The molecule has 5 nitrogen and oxygen atoms in total. The Morgan fingerprint density at radius 1 is 1.05 bits per heavy atom. The lowest BCUT2D eigenvalue weighted by Gasteiger charge is -2.59. The monoisotopic (exact) mass is 493 g/mol. The molecule has 7 rings (SSSR count). The summed E-state index contributed by atoms with van der Waals surface area (Å²) in [6.07, 6.45) is 5.00. The number of amides is 1. The van der Waals surface area contributed by atoms with Gasteiger partial charge in [-0.25, -0.2) is 0 Å². The molecule has 0 radical (unpaired) electrons. The van der Waals surface area contributed by atoms with Gasteiger partial charge in [-0.05, 0) is 48.6 Å². The summed E-state index contributed by atoms with van der Waals surface area (Å²) in [7, 11) is 1.61. The van der Waals surface area contributed by atoms with Crippen LogP contribution in [0.5, 0.6) is 5.75 Å². The molecule has 3 aromatic carbocycles. The van der Waals surface area contributed by atoms with Gasteiger partial charge >= 0.3 is 5.97 Å². The summed E-state index contributed by atoms with van der Waals surface area (Å²) in [6.45, 7) is 2.72. The maximum Gasteiger partial charge on any atom is 0.312 e. The van der Waals surface area contributed by atoms with Crippen LogP contribution in [0.15, 0.2) is 78.9 Å². The third-order valence-corrected chi connectivity index (χ3v) is 9.13. The number of carboxylic acid groups (broad SMARTS) is 1. The molecule has 5 heteroatoms. The number of fused-ring (bicyclic) bond motifs is 1. The van der Waals surface area contributed by atoms with Gasteiger partial charge in [0, 0.05) is 42.0 Å². The van der Waals surface area contributed by atoms with Gasteiger partial charge in [-0.3, -0.25) is 9.59 Å². The topological polar surface area (TPSA) is 66.8 Å². The van der Waals surface area contributed by atoms with E-state index in [0.717, 1.165) is 35.1 Å². The molecule has 3 aliphatic carbocycles. The van der Waals surface area contributed by atoms with Crippen molar-refractivity contribution in [1.82, 2.24) is 4.90 Å². The fourth-order valence-corrected chi connectivity index (χ4v) is 7.62. The third-order valence-electron chi connectivity index (χ3n) is 9.13. The molecule has 3 aromatic rings. The van der Waals surface area contributed by atoms with Crippen molar-refractivity contribution in [3.05, 3.63) is 107 Å². The number of aliphatic carboxylic acids is 1. The largest absolute Gasteiger partial charge is 0.496 e. The minimum atomic E-state index is -1.02. The Hall–Kier alpha value is -3.86. The Labute approximate surface area is 217 Å². The molecular weight excluding hydrogens is 462 g/mol. The van der Waals surface area contributed by atoms with Crippen LogP contribution in [0.3, 0.4) is 0 Å². The van der Waals surface area contributed by atoms with E-state index in [2.05, 4.69) is 49.4 Å². The van der Waals surface area contributed by atoms with Crippen molar-refractivity contribution >= 4 is 18.0 Å². The van der Waals surface area contributed by atoms with E-state index >= 15 is 0 Å². The first kappa shape index (κ1) is 23.5. The zero-order chi connectivity index (χ0) is 25.8. The summed E-state index contributed by atoms with van der Waals surface area (Å²) in [4.78, 5) is 28.6. The Bertz CT molecular complexity index is 1430. The first-order valence-electron chi connectivity index (χ1n) is 12.9. The molecule has 0 aromatic heterocycles. The summed E-state index contributed by atoms with van der Waals surface area (Å²) >= 11 is 0. The van der Waals surface area contributed by atoms with Gasteiger partial charge in [0.25, 0.3) is 0 Å². The van der Waals surface area contributed by atoms with E-state index in [1.807, 2.05) is 30.3 Å². The fraction of sp³-hybridized carbons (Fsp3) is 0.312. The number of methoxy groups -OCH3 is 1. The Balaban J connectivity index is 1.45. The van der Waals surface area contributed by atoms with E-state index in [4.69, 9.17) is 4.74 Å². The second-order valence-electron chi connectivity index (χ2n) is 10.7. The number of carbonyl (C=O) groups is 2. The molecule has 2 bridgehead atoms. The number of para-hydroxylation sites is 1. The van der Waals surface area contributed by atoms with Crippen molar-refractivity contribution in [1.29, 1.82) is 0 Å². The van der Waals surface area contributed by atoms with E-state index in [9.17, 15) is 14.7 Å². The molecule has 37 heavy (non-hydrogen) atoms. The highest BCUT2D eigenvalue weighted by Crippen LogP contribution is 2.68. The first-order chi connectivity index (χ1) is 17.9. The van der Waals surface area contributed by atoms with E-state index in [1.54, 1.807) is 24.2 Å². The molecule has 4 atom stereocenters. The minimum Gasteiger partial charge on any atom is -0.496 e. The van der Waals surface area contributed by atoms with Crippen LogP contribution in [0.2, 0.25) is 0 Å². The molecule has 1 saturated carbocycles. The highest BCUT2D eigenvalue weighted by Gasteiger charge is 2.70. The summed E-state index contributed by atoms with van der Waals surface area (Å²) in [5, 5.41) is 10.9. The van der Waals surface area contributed by atoms with Gasteiger partial charge in [0.1, 0.15) is 5.75 Å². The van der Waals surface area contributed by atoms with Gasteiger partial charge in [0.05, 0.1) is 12.5 Å². The molecule has 1 N–H and O–H groups in total. The standard InChI is InChI=1S/C32H31NO4/c1-21-8-7-10-23(18-21)31-17-16-26(24-11-4-5-12-25(24)31)32(30(35)36)20-33(19-28(31)32)29(34)15-14-22-9-3-6-13-27(22)37-2/h3-15,18,26,28H,16-17,19-20H2,1-2H3,(H,35,36)/b15-14+/t26-,28-,31-,32-/m0/s1. The second-order valence-corrected chi connectivity index (χ2v) is 10.7. The molecular formula is C32H31NO4. The Morgan fingerprint density at radius 3 is 2.62 bits per heavy atom. The fourth-order valence-electron chi connectivity index (χ4n) is 7.62.